The maximum absolute atomic E-state index is 4.88. The first-order valence-electron chi connectivity index (χ1n) is 3.82. The molecule has 0 unspecified atom stereocenters. The summed E-state index contributed by atoms with van der Waals surface area (Å²) < 4.78 is 6.93. The molecule has 1 N–H and O–H groups in total. The molecule has 0 aliphatic carbocycles. The fourth-order valence-corrected chi connectivity index (χ4v) is 1.10. The summed E-state index contributed by atoms with van der Waals surface area (Å²) >= 11 is 1.38. The van der Waals surface area contributed by atoms with Crippen LogP contribution in [0, 0.1) is 0 Å². The first kappa shape index (κ1) is 11.2. The fraction of sp³-hybridized carbons (Fsp3) is 1.00. The lowest BCUT2D eigenvalue weighted by Crippen LogP contribution is -2.30. The standard InChI is InChI=1S/C7H18N2OS/c1-7(2)8-5-6-9(3)11-10-4/h7-8H,5-6H2,1-4H3. The van der Waals surface area contributed by atoms with Gasteiger partial charge in [0.05, 0.1) is 19.3 Å². The Balaban J connectivity index is 3.10. The topological polar surface area (TPSA) is 24.5 Å². The van der Waals surface area contributed by atoms with Crippen molar-refractivity contribution in [3.8, 4) is 0 Å². The van der Waals surface area contributed by atoms with E-state index < -0.39 is 0 Å². The largest absolute Gasteiger partial charge is 0.313 e. The van der Waals surface area contributed by atoms with E-state index >= 15 is 0 Å². The van der Waals surface area contributed by atoms with Crippen LogP contribution in [0.15, 0.2) is 0 Å². The van der Waals surface area contributed by atoms with Crippen LogP contribution in [0.5, 0.6) is 0 Å². The maximum atomic E-state index is 4.88. The number of nitrogens with zero attached hydrogens (tertiary/aromatic N) is 1. The van der Waals surface area contributed by atoms with Crippen molar-refractivity contribution >= 4 is 12.2 Å². The number of likely N-dealkylation sites (N-methyl/N-ethyl adjacent to an activating group) is 1. The van der Waals surface area contributed by atoms with Gasteiger partial charge in [0, 0.05) is 19.1 Å². The van der Waals surface area contributed by atoms with Crippen LogP contribution < -0.4 is 5.32 Å². The Labute approximate surface area is 73.8 Å². The van der Waals surface area contributed by atoms with Gasteiger partial charge in [-0.3, -0.25) is 0 Å². The fourth-order valence-electron chi connectivity index (χ4n) is 0.675. The van der Waals surface area contributed by atoms with Crippen molar-refractivity contribution in [2.24, 2.45) is 0 Å². The lowest BCUT2D eigenvalue weighted by atomic mass is 10.4. The van der Waals surface area contributed by atoms with E-state index in [1.165, 1.54) is 12.2 Å². The summed E-state index contributed by atoms with van der Waals surface area (Å²) in [5, 5.41) is 3.32. The van der Waals surface area contributed by atoms with Gasteiger partial charge in [-0.2, -0.15) is 0 Å². The molecule has 0 amide bonds. The van der Waals surface area contributed by atoms with Gasteiger partial charge in [0.2, 0.25) is 0 Å². The molecule has 0 aliphatic heterocycles. The monoisotopic (exact) mass is 178 g/mol. The van der Waals surface area contributed by atoms with Gasteiger partial charge in [-0.25, -0.2) is 4.31 Å². The number of hydrogen-bond donors (Lipinski definition) is 1. The van der Waals surface area contributed by atoms with Gasteiger partial charge >= 0.3 is 0 Å². The van der Waals surface area contributed by atoms with Crippen LogP contribution >= 0.6 is 12.2 Å². The quantitative estimate of drug-likeness (QED) is 0.487. The Hall–Kier alpha value is 0.230. The van der Waals surface area contributed by atoms with E-state index in [4.69, 9.17) is 4.18 Å². The summed E-state index contributed by atoms with van der Waals surface area (Å²) in [6, 6.07) is 0.566. The van der Waals surface area contributed by atoms with Gasteiger partial charge in [0.1, 0.15) is 0 Å². The summed E-state index contributed by atoms with van der Waals surface area (Å²) in [7, 11) is 3.69. The van der Waals surface area contributed by atoms with Gasteiger partial charge in [-0.15, -0.1) is 0 Å². The molecule has 0 aromatic rings. The van der Waals surface area contributed by atoms with Crippen molar-refractivity contribution in [1.82, 2.24) is 9.62 Å². The Morgan fingerprint density at radius 1 is 1.55 bits per heavy atom. The minimum Gasteiger partial charge on any atom is -0.313 e. The molecular formula is C7H18N2OS. The van der Waals surface area contributed by atoms with Crippen molar-refractivity contribution in [2.75, 3.05) is 27.2 Å². The number of hydrogen-bond acceptors (Lipinski definition) is 4. The average Bonchev–Trinajstić information content (AvgIpc) is 1.87. The minimum atomic E-state index is 0.566. The van der Waals surface area contributed by atoms with E-state index in [1.54, 1.807) is 7.11 Å². The molecule has 11 heavy (non-hydrogen) atoms. The minimum absolute atomic E-state index is 0.566. The third-order valence-corrected chi connectivity index (χ3v) is 1.77. The molecular weight excluding hydrogens is 160 g/mol. The molecule has 0 aliphatic rings. The van der Waals surface area contributed by atoms with Gasteiger partial charge in [0.15, 0.2) is 0 Å². The van der Waals surface area contributed by atoms with Crippen LogP contribution in [-0.2, 0) is 4.18 Å². The second-order valence-electron chi connectivity index (χ2n) is 2.70. The average molecular weight is 178 g/mol. The Morgan fingerprint density at radius 3 is 2.64 bits per heavy atom. The highest BCUT2D eigenvalue weighted by Gasteiger charge is 1.97. The summed E-state index contributed by atoms with van der Waals surface area (Å²) in [5.74, 6) is 0. The van der Waals surface area contributed by atoms with E-state index in [2.05, 4.69) is 23.5 Å². The second-order valence-corrected chi connectivity index (χ2v) is 3.81. The number of rotatable bonds is 6. The highest BCUT2D eigenvalue weighted by atomic mass is 32.2. The second kappa shape index (κ2) is 6.91. The van der Waals surface area contributed by atoms with E-state index in [0.717, 1.165) is 13.1 Å². The van der Waals surface area contributed by atoms with Gasteiger partial charge in [-0.05, 0) is 7.05 Å². The molecule has 68 valence electrons. The predicted molar refractivity (Wildman–Crippen MR) is 50.4 cm³/mol. The normalized spacial score (nSPS) is 11.5. The summed E-state index contributed by atoms with van der Waals surface area (Å²) in [6.45, 7) is 6.29. The smallest absolute Gasteiger partial charge is 0.0813 e. The summed E-state index contributed by atoms with van der Waals surface area (Å²) in [5.41, 5.74) is 0. The molecule has 0 saturated carbocycles. The predicted octanol–water partition coefficient (Wildman–Crippen LogP) is 1.13. The first-order chi connectivity index (χ1) is 5.16. The molecule has 0 heterocycles. The van der Waals surface area contributed by atoms with Crippen molar-refractivity contribution in [2.45, 2.75) is 19.9 Å². The molecule has 0 bridgehead atoms. The third-order valence-electron chi connectivity index (χ3n) is 1.18. The highest BCUT2D eigenvalue weighted by Crippen LogP contribution is 2.03. The molecule has 0 saturated heterocycles. The molecule has 0 spiro atoms. The van der Waals surface area contributed by atoms with Crippen molar-refractivity contribution in [3.05, 3.63) is 0 Å². The molecule has 0 fully saturated rings. The van der Waals surface area contributed by atoms with Crippen LogP contribution in [0.2, 0.25) is 0 Å². The van der Waals surface area contributed by atoms with Crippen LogP contribution in [0.1, 0.15) is 13.8 Å². The van der Waals surface area contributed by atoms with E-state index in [9.17, 15) is 0 Å². The summed E-state index contributed by atoms with van der Waals surface area (Å²) in [4.78, 5) is 0. The van der Waals surface area contributed by atoms with Crippen LogP contribution in [-0.4, -0.2) is 37.6 Å². The molecule has 4 heteroatoms. The molecule has 0 radical (unpaired) electrons. The molecule has 0 atom stereocenters. The Kier molecular flexibility index (Phi) is 7.06. The van der Waals surface area contributed by atoms with Crippen LogP contribution in [0.4, 0.5) is 0 Å². The Morgan fingerprint density at radius 2 is 2.18 bits per heavy atom. The molecule has 0 rings (SSSR count). The van der Waals surface area contributed by atoms with Crippen molar-refractivity contribution in [1.29, 1.82) is 0 Å². The summed E-state index contributed by atoms with van der Waals surface area (Å²) in [6.07, 6.45) is 0. The molecule has 3 nitrogen and oxygen atoms in total. The van der Waals surface area contributed by atoms with E-state index in [0.29, 0.717) is 6.04 Å². The van der Waals surface area contributed by atoms with Gasteiger partial charge < -0.3 is 9.50 Å². The zero-order valence-corrected chi connectivity index (χ0v) is 8.57. The van der Waals surface area contributed by atoms with Crippen molar-refractivity contribution in [3.63, 3.8) is 0 Å². The number of nitrogens with one attached hydrogen (secondary N) is 1. The molecule has 0 aromatic carbocycles. The first-order valence-corrected chi connectivity index (χ1v) is 4.52. The maximum Gasteiger partial charge on any atom is 0.0813 e. The van der Waals surface area contributed by atoms with Crippen LogP contribution in [0.3, 0.4) is 0 Å². The lowest BCUT2D eigenvalue weighted by molar-refractivity contribution is 0.425. The van der Waals surface area contributed by atoms with Crippen molar-refractivity contribution < 1.29 is 4.18 Å². The Bertz CT molecular complexity index is 90.5. The highest BCUT2D eigenvalue weighted by molar-refractivity contribution is 7.92. The SMILES string of the molecule is COSN(C)CCNC(C)C. The zero-order valence-electron chi connectivity index (χ0n) is 7.76. The van der Waals surface area contributed by atoms with E-state index in [1.807, 2.05) is 7.05 Å². The lowest BCUT2D eigenvalue weighted by Gasteiger charge is -2.14. The zero-order chi connectivity index (χ0) is 8.69. The van der Waals surface area contributed by atoms with Gasteiger partial charge in [-0.1, -0.05) is 13.8 Å². The van der Waals surface area contributed by atoms with E-state index in [-0.39, 0.29) is 0 Å². The van der Waals surface area contributed by atoms with Gasteiger partial charge in [0.25, 0.3) is 0 Å². The van der Waals surface area contributed by atoms with Crippen LogP contribution in [0.25, 0.3) is 0 Å². The third kappa shape index (κ3) is 8.13. The molecule has 0 aromatic heterocycles.